The Morgan fingerprint density at radius 3 is 2.45 bits per heavy atom. The molecule has 13 nitrogen and oxygen atoms in total. The summed E-state index contributed by atoms with van der Waals surface area (Å²) in [4.78, 5) is 23.1. The second kappa shape index (κ2) is 11.6. The van der Waals surface area contributed by atoms with Crippen LogP contribution in [0.25, 0.3) is 0 Å². The number of imide groups is 1. The Bertz CT molecular complexity index is 706. The Kier molecular flexibility index (Phi) is 9.10. The van der Waals surface area contributed by atoms with E-state index in [0.29, 0.717) is 26.4 Å². The van der Waals surface area contributed by atoms with Crippen LogP contribution in [0.2, 0.25) is 0 Å². The SMILES string of the molecule is COCCOCCOCCOP1(=O)OC2C(O1)[C@@H](CO)O[C@H]2NC1C=CC(=O)NC1=O. The van der Waals surface area contributed by atoms with Crippen LogP contribution in [-0.2, 0) is 46.7 Å². The lowest BCUT2D eigenvalue weighted by Gasteiger charge is -2.24. The molecule has 0 bridgehead atoms. The van der Waals surface area contributed by atoms with Gasteiger partial charge < -0.3 is 24.1 Å². The molecule has 3 heterocycles. The van der Waals surface area contributed by atoms with Crippen LogP contribution < -0.4 is 10.6 Å². The van der Waals surface area contributed by atoms with Crippen molar-refractivity contribution in [1.82, 2.24) is 10.6 Å². The second-order valence-electron chi connectivity index (χ2n) is 6.77. The summed E-state index contributed by atoms with van der Waals surface area (Å²) < 4.78 is 50.0. The maximum absolute atomic E-state index is 12.8. The van der Waals surface area contributed by atoms with Crippen LogP contribution in [0, 0.1) is 0 Å². The molecule has 31 heavy (non-hydrogen) atoms. The minimum atomic E-state index is -3.92. The van der Waals surface area contributed by atoms with Gasteiger partial charge in [0.1, 0.15) is 30.6 Å². The molecule has 3 aliphatic rings. The first-order valence-electron chi connectivity index (χ1n) is 9.77. The van der Waals surface area contributed by atoms with E-state index in [0.717, 1.165) is 0 Å². The minimum Gasteiger partial charge on any atom is -0.394 e. The fraction of sp³-hybridized carbons (Fsp3) is 0.765. The molecule has 0 spiro atoms. The summed E-state index contributed by atoms with van der Waals surface area (Å²) in [5, 5.41) is 14.6. The number of ether oxygens (including phenoxy) is 4. The molecule has 2 fully saturated rings. The van der Waals surface area contributed by atoms with Gasteiger partial charge >= 0.3 is 7.82 Å². The average Bonchev–Trinajstić information content (AvgIpc) is 3.23. The van der Waals surface area contributed by atoms with E-state index in [9.17, 15) is 19.3 Å². The number of phosphoric acid groups is 1. The molecule has 2 saturated heterocycles. The molecule has 3 rings (SSSR count). The maximum Gasteiger partial charge on any atom is 0.475 e. The number of hydrogen-bond acceptors (Lipinski definition) is 12. The molecular weight excluding hydrogens is 439 g/mol. The van der Waals surface area contributed by atoms with E-state index in [1.807, 2.05) is 0 Å². The van der Waals surface area contributed by atoms with Crippen molar-refractivity contribution in [2.24, 2.45) is 0 Å². The van der Waals surface area contributed by atoms with Crippen LogP contribution >= 0.6 is 7.82 Å². The predicted octanol–water partition coefficient (Wildman–Crippen LogP) is -1.54. The Morgan fingerprint density at radius 1 is 1.10 bits per heavy atom. The van der Waals surface area contributed by atoms with E-state index < -0.39 is 56.8 Å². The molecule has 176 valence electrons. The van der Waals surface area contributed by atoms with E-state index in [1.165, 1.54) is 12.2 Å². The summed E-state index contributed by atoms with van der Waals surface area (Å²) in [5.74, 6) is -1.09. The maximum atomic E-state index is 12.8. The van der Waals surface area contributed by atoms with E-state index in [-0.39, 0.29) is 13.2 Å². The van der Waals surface area contributed by atoms with E-state index in [1.54, 1.807) is 7.11 Å². The van der Waals surface area contributed by atoms with Gasteiger partial charge in [-0.05, 0) is 0 Å². The standard InChI is InChI=1S/C17H27N2O11P/c1-24-4-5-25-6-7-26-8-9-27-31(23)29-14-12(10-20)28-17(15(14)30-31)18-11-2-3-13(21)19-16(11)22/h2-3,11-12,14-15,17-18,20H,4-10H2,1H3,(H,19,21,22)/t11?,12-,14?,15?,17-,31?/m1/s1. The molecule has 3 aliphatic heterocycles. The van der Waals surface area contributed by atoms with Gasteiger partial charge in [-0.1, -0.05) is 6.08 Å². The van der Waals surface area contributed by atoms with Gasteiger partial charge in [-0.2, -0.15) is 0 Å². The highest BCUT2D eigenvalue weighted by Crippen LogP contribution is 2.60. The first-order chi connectivity index (χ1) is 15.0. The third-order valence-corrected chi connectivity index (χ3v) is 6.09. The third kappa shape index (κ3) is 6.62. The zero-order valence-corrected chi connectivity index (χ0v) is 17.9. The largest absolute Gasteiger partial charge is 0.475 e. The summed E-state index contributed by atoms with van der Waals surface area (Å²) in [6.07, 6.45) is -0.931. The van der Waals surface area contributed by atoms with Crippen LogP contribution in [0.1, 0.15) is 0 Å². The summed E-state index contributed by atoms with van der Waals surface area (Å²) in [6, 6.07) is -0.871. The van der Waals surface area contributed by atoms with Crippen LogP contribution in [0.15, 0.2) is 12.2 Å². The van der Waals surface area contributed by atoms with Crippen molar-refractivity contribution < 1.29 is 51.8 Å². The lowest BCUT2D eigenvalue weighted by atomic mass is 10.1. The zero-order valence-electron chi connectivity index (χ0n) is 17.0. The number of amides is 2. The summed E-state index contributed by atoms with van der Waals surface area (Å²) in [7, 11) is -2.33. The van der Waals surface area contributed by atoms with Crippen molar-refractivity contribution in [2.75, 3.05) is 53.4 Å². The normalized spacial score (nSPS) is 34.8. The molecule has 0 saturated carbocycles. The molecule has 0 aromatic heterocycles. The van der Waals surface area contributed by atoms with Crippen LogP contribution in [0.5, 0.6) is 0 Å². The number of hydrogen-bond donors (Lipinski definition) is 3. The van der Waals surface area contributed by atoms with Gasteiger partial charge in [0, 0.05) is 13.2 Å². The number of nitrogens with one attached hydrogen (secondary N) is 2. The molecule has 0 radical (unpaired) electrons. The third-order valence-electron chi connectivity index (χ3n) is 4.59. The molecule has 0 aromatic carbocycles. The van der Waals surface area contributed by atoms with Gasteiger partial charge in [-0.3, -0.25) is 33.8 Å². The topological polar surface area (TPSA) is 160 Å². The number of carbonyl (C=O) groups excluding carboxylic acids is 2. The number of aliphatic hydroxyl groups is 1. The van der Waals surface area contributed by atoms with Gasteiger partial charge in [0.15, 0.2) is 0 Å². The van der Waals surface area contributed by atoms with Gasteiger partial charge in [-0.15, -0.1) is 0 Å². The summed E-state index contributed by atoms with van der Waals surface area (Å²) in [6.45, 7) is 1.35. The number of phosphoric ester groups is 1. The first-order valence-corrected chi connectivity index (χ1v) is 11.2. The average molecular weight is 466 g/mol. The fourth-order valence-corrected chi connectivity index (χ4v) is 4.68. The van der Waals surface area contributed by atoms with Crippen molar-refractivity contribution in [3.8, 4) is 0 Å². The number of carbonyl (C=O) groups is 2. The monoisotopic (exact) mass is 466 g/mol. The highest BCUT2D eigenvalue weighted by molar-refractivity contribution is 7.48. The van der Waals surface area contributed by atoms with E-state index in [2.05, 4.69) is 10.6 Å². The van der Waals surface area contributed by atoms with Crippen molar-refractivity contribution in [1.29, 1.82) is 0 Å². The Labute approximate surface area is 178 Å². The molecule has 0 aliphatic carbocycles. The molecular formula is C17H27N2O11P. The zero-order chi connectivity index (χ0) is 22.3. The van der Waals surface area contributed by atoms with Gasteiger partial charge in [0.25, 0.3) is 0 Å². The van der Waals surface area contributed by atoms with Crippen LogP contribution in [0.3, 0.4) is 0 Å². The number of aliphatic hydroxyl groups excluding tert-OH is 1. The molecule has 14 heteroatoms. The van der Waals surface area contributed by atoms with E-state index >= 15 is 0 Å². The fourth-order valence-electron chi connectivity index (χ4n) is 3.13. The highest BCUT2D eigenvalue weighted by Gasteiger charge is 2.58. The molecule has 2 amide bonds. The van der Waals surface area contributed by atoms with Crippen molar-refractivity contribution >= 4 is 19.6 Å². The predicted molar refractivity (Wildman–Crippen MR) is 102 cm³/mol. The number of fused-ring (bicyclic) bond motifs is 1. The van der Waals surface area contributed by atoms with Gasteiger partial charge in [0.2, 0.25) is 11.8 Å². The highest BCUT2D eigenvalue weighted by atomic mass is 31.2. The second-order valence-corrected chi connectivity index (χ2v) is 8.35. The van der Waals surface area contributed by atoms with Crippen molar-refractivity contribution in [3.05, 3.63) is 12.2 Å². The summed E-state index contributed by atoms with van der Waals surface area (Å²) >= 11 is 0. The quantitative estimate of drug-likeness (QED) is 0.163. The van der Waals surface area contributed by atoms with Crippen LogP contribution in [-0.4, -0.2) is 101 Å². The molecule has 3 N–H and O–H groups in total. The number of methoxy groups -OCH3 is 1. The Hall–Kier alpha value is -1.25. The Morgan fingerprint density at radius 2 is 1.77 bits per heavy atom. The van der Waals surface area contributed by atoms with Crippen molar-refractivity contribution in [3.63, 3.8) is 0 Å². The Balaban J connectivity index is 1.44. The smallest absolute Gasteiger partial charge is 0.394 e. The minimum absolute atomic E-state index is 0.0482. The lowest BCUT2D eigenvalue weighted by molar-refractivity contribution is -0.130. The number of rotatable bonds is 13. The lowest BCUT2D eigenvalue weighted by Crippen LogP contribution is -2.53. The molecule has 6 atom stereocenters. The van der Waals surface area contributed by atoms with Gasteiger partial charge in [0.05, 0.1) is 46.2 Å². The first kappa shape index (κ1) is 24.4. The van der Waals surface area contributed by atoms with E-state index in [4.69, 9.17) is 32.5 Å². The van der Waals surface area contributed by atoms with Crippen LogP contribution in [0.4, 0.5) is 0 Å². The van der Waals surface area contributed by atoms with Gasteiger partial charge in [-0.25, -0.2) is 4.57 Å². The molecule has 0 aromatic rings. The summed E-state index contributed by atoms with van der Waals surface area (Å²) in [5.41, 5.74) is 0. The molecule has 4 unspecified atom stereocenters. The van der Waals surface area contributed by atoms with Crippen molar-refractivity contribution in [2.45, 2.75) is 30.6 Å².